The molecule has 1 heterocycles. The van der Waals surface area contributed by atoms with E-state index in [1.165, 1.54) is 0 Å². The summed E-state index contributed by atoms with van der Waals surface area (Å²) in [5, 5.41) is 15.8. The Hall–Kier alpha value is -3.26. The fraction of sp³-hybridized carbons (Fsp3) is 0.300. The van der Waals surface area contributed by atoms with Crippen LogP contribution < -0.4 is 21.7 Å². The summed E-state index contributed by atoms with van der Waals surface area (Å²) >= 11 is 0. The molecule has 1 atom stereocenters. The molecule has 0 saturated carbocycles. The van der Waals surface area contributed by atoms with Crippen LogP contribution in [0, 0.1) is 5.41 Å². The number of pyridine rings is 1. The van der Waals surface area contributed by atoms with Gasteiger partial charge in [-0.2, -0.15) is 0 Å². The molecule has 8 nitrogen and oxygen atoms in total. The molecule has 1 aromatic heterocycles. The van der Waals surface area contributed by atoms with Crippen molar-refractivity contribution < 1.29 is 9.59 Å². The van der Waals surface area contributed by atoms with Crippen LogP contribution in [0.4, 0.5) is 0 Å². The molecule has 8 heteroatoms. The first-order chi connectivity index (χ1) is 13.5. The van der Waals surface area contributed by atoms with Crippen LogP contribution in [0.2, 0.25) is 0 Å². The lowest BCUT2D eigenvalue weighted by Gasteiger charge is -2.14. The molecule has 28 heavy (non-hydrogen) atoms. The van der Waals surface area contributed by atoms with Gasteiger partial charge in [0.2, 0.25) is 11.8 Å². The summed E-state index contributed by atoms with van der Waals surface area (Å²) in [4.78, 5) is 28.1. The summed E-state index contributed by atoms with van der Waals surface area (Å²) in [6, 6.07) is 12.4. The fourth-order valence-corrected chi connectivity index (χ4v) is 2.42. The first-order valence-corrected chi connectivity index (χ1v) is 9.06. The van der Waals surface area contributed by atoms with Crippen molar-refractivity contribution in [3.05, 3.63) is 65.5 Å². The van der Waals surface area contributed by atoms with Gasteiger partial charge in [-0.25, -0.2) is 0 Å². The average molecular weight is 382 g/mol. The summed E-state index contributed by atoms with van der Waals surface area (Å²) in [6.45, 7) is 2.62. The van der Waals surface area contributed by atoms with Crippen molar-refractivity contribution >= 4 is 17.6 Å². The Bertz CT molecular complexity index is 792. The van der Waals surface area contributed by atoms with Crippen LogP contribution in [-0.4, -0.2) is 41.8 Å². The Morgan fingerprint density at radius 1 is 1.14 bits per heavy atom. The Balaban J connectivity index is 1.64. The minimum Gasteiger partial charge on any atom is -0.384 e. The molecule has 0 aliphatic heterocycles. The van der Waals surface area contributed by atoms with E-state index in [0.717, 1.165) is 11.3 Å². The summed E-state index contributed by atoms with van der Waals surface area (Å²) in [5.41, 5.74) is 7.95. The topological polar surface area (TPSA) is 133 Å². The molecule has 0 radical (unpaired) electrons. The van der Waals surface area contributed by atoms with Crippen LogP contribution in [0.15, 0.2) is 48.7 Å². The van der Waals surface area contributed by atoms with E-state index in [1.807, 2.05) is 30.3 Å². The third-order valence-electron chi connectivity index (χ3n) is 4.12. The number of hydrogen-bond donors (Lipinski definition) is 5. The van der Waals surface area contributed by atoms with Gasteiger partial charge in [-0.15, -0.1) is 0 Å². The highest BCUT2D eigenvalue weighted by Crippen LogP contribution is 2.04. The number of amidine groups is 1. The Morgan fingerprint density at radius 3 is 2.54 bits per heavy atom. The van der Waals surface area contributed by atoms with E-state index in [-0.39, 0.29) is 24.2 Å². The normalized spacial score (nSPS) is 11.5. The second-order valence-corrected chi connectivity index (χ2v) is 6.35. The number of aromatic nitrogens is 1. The zero-order valence-corrected chi connectivity index (χ0v) is 15.9. The van der Waals surface area contributed by atoms with Crippen molar-refractivity contribution in [2.75, 3.05) is 13.1 Å². The summed E-state index contributed by atoms with van der Waals surface area (Å²) in [5.74, 6) is -0.470. The quantitative estimate of drug-likeness (QED) is 0.298. The largest absolute Gasteiger partial charge is 0.384 e. The lowest BCUT2D eigenvalue weighted by atomic mass is 10.1. The molecule has 0 saturated heterocycles. The molecule has 2 aromatic rings. The zero-order chi connectivity index (χ0) is 20.4. The van der Waals surface area contributed by atoms with E-state index in [4.69, 9.17) is 11.1 Å². The van der Waals surface area contributed by atoms with Gasteiger partial charge in [-0.3, -0.25) is 20.0 Å². The van der Waals surface area contributed by atoms with Crippen molar-refractivity contribution in [2.45, 2.75) is 25.9 Å². The summed E-state index contributed by atoms with van der Waals surface area (Å²) in [7, 11) is 0. The van der Waals surface area contributed by atoms with Crippen molar-refractivity contribution in [3.8, 4) is 0 Å². The van der Waals surface area contributed by atoms with Crippen LogP contribution in [0.5, 0.6) is 0 Å². The van der Waals surface area contributed by atoms with Gasteiger partial charge >= 0.3 is 0 Å². The van der Waals surface area contributed by atoms with Gasteiger partial charge in [0.05, 0.1) is 12.6 Å². The van der Waals surface area contributed by atoms with Gasteiger partial charge in [0.15, 0.2) is 0 Å². The van der Waals surface area contributed by atoms with Gasteiger partial charge < -0.3 is 21.7 Å². The molecule has 1 aromatic carbocycles. The van der Waals surface area contributed by atoms with Gasteiger partial charge in [0.1, 0.15) is 5.84 Å². The maximum Gasteiger partial charge on any atom is 0.239 e. The number of nitrogen functional groups attached to an aromatic ring is 1. The lowest BCUT2D eigenvalue weighted by Crippen LogP contribution is -2.45. The number of amides is 2. The molecule has 0 fully saturated rings. The third-order valence-corrected chi connectivity index (χ3v) is 4.12. The molecule has 0 aliphatic rings. The van der Waals surface area contributed by atoms with E-state index in [9.17, 15) is 9.59 Å². The van der Waals surface area contributed by atoms with E-state index < -0.39 is 6.04 Å². The zero-order valence-electron chi connectivity index (χ0n) is 15.9. The SMILES string of the molecule is CC(NCc1ccc(C(=N)N)cc1)C(=O)NCC(=O)NCCc1ccccn1. The van der Waals surface area contributed by atoms with Crippen LogP contribution >= 0.6 is 0 Å². The van der Waals surface area contributed by atoms with Crippen molar-refractivity contribution in [1.29, 1.82) is 5.41 Å². The highest BCUT2D eigenvalue weighted by molar-refractivity contribution is 5.94. The first kappa shape index (κ1) is 21.0. The minimum atomic E-state index is -0.450. The highest BCUT2D eigenvalue weighted by atomic mass is 16.2. The maximum atomic E-state index is 12.1. The van der Waals surface area contributed by atoms with Crippen LogP contribution in [0.3, 0.4) is 0 Å². The number of carbonyl (C=O) groups is 2. The second-order valence-electron chi connectivity index (χ2n) is 6.35. The molecule has 2 amide bonds. The molecule has 1 unspecified atom stereocenters. The van der Waals surface area contributed by atoms with E-state index in [1.54, 1.807) is 25.3 Å². The summed E-state index contributed by atoms with van der Waals surface area (Å²) in [6.07, 6.45) is 2.35. The van der Waals surface area contributed by atoms with Crippen molar-refractivity contribution in [2.24, 2.45) is 5.73 Å². The second kappa shape index (κ2) is 10.8. The van der Waals surface area contributed by atoms with Crippen molar-refractivity contribution in [1.82, 2.24) is 20.9 Å². The monoisotopic (exact) mass is 382 g/mol. The molecule has 6 N–H and O–H groups in total. The third kappa shape index (κ3) is 7.16. The number of nitrogens with zero attached hydrogens (tertiary/aromatic N) is 1. The van der Waals surface area contributed by atoms with E-state index in [2.05, 4.69) is 20.9 Å². The predicted molar refractivity (Wildman–Crippen MR) is 108 cm³/mol. The fourth-order valence-electron chi connectivity index (χ4n) is 2.42. The smallest absolute Gasteiger partial charge is 0.239 e. The van der Waals surface area contributed by atoms with Gasteiger partial charge in [-0.1, -0.05) is 30.3 Å². The molecule has 148 valence electrons. The Labute approximate surface area is 164 Å². The number of rotatable bonds is 10. The molecule has 0 spiro atoms. The average Bonchev–Trinajstić information content (AvgIpc) is 2.71. The number of nitrogens with two attached hydrogens (primary N) is 1. The van der Waals surface area contributed by atoms with Gasteiger partial charge in [0.25, 0.3) is 0 Å². The standard InChI is InChI=1S/C20H26N6O2/c1-14(25-12-15-5-7-16(8-6-15)19(21)22)20(28)26-13-18(27)24-11-9-17-4-2-3-10-23-17/h2-8,10,14,25H,9,11-13H2,1H3,(H3,21,22)(H,24,27)(H,26,28). The molecule has 0 bridgehead atoms. The number of nitrogens with one attached hydrogen (secondary N) is 4. The molecular weight excluding hydrogens is 356 g/mol. The van der Waals surface area contributed by atoms with Crippen LogP contribution in [0.1, 0.15) is 23.7 Å². The lowest BCUT2D eigenvalue weighted by molar-refractivity contribution is -0.127. The predicted octanol–water partition coefficient (Wildman–Crippen LogP) is 0.319. The number of carbonyl (C=O) groups excluding carboxylic acids is 2. The minimum absolute atomic E-state index is 0.0190. The van der Waals surface area contributed by atoms with E-state index >= 15 is 0 Å². The number of benzene rings is 1. The summed E-state index contributed by atoms with van der Waals surface area (Å²) < 4.78 is 0. The Morgan fingerprint density at radius 2 is 1.89 bits per heavy atom. The van der Waals surface area contributed by atoms with Crippen molar-refractivity contribution in [3.63, 3.8) is 0 Å². The van der Waals surface area contributed by atoms with Crippen LogP contribution in [-0.2, 0) is 22.6 Å². The molecule has 2 rings (SSSR count). The highest BCUT2D eigenvalue weighted by Gasteiger charge is 2.13. The van der Waals surface area contributed by atoms with Gasteiger partial charge in [0, 0.05) is 37.0 Å². The molecule has 0 aliphatic carbocycles. The Kier molecular flexibility index (Phi) is 8.11. The maximum absolute atomic E-state index is 12.1. The first-order valence-electron chi connectivity index (χ1n) is 9.06. The molecular formula is C20H26N6O2. The van der Waals surface area contributed by atoms with Gasteiger partial charge in [-0.05, 0) is 24.6 Å². The number of hydrogen-bond acceptors (Lipinski definition) is 5. The van der Waals surface area contributed by atoms with E-state index in [0.29, 0.717) is 25.1 Å². The van der Waals surface area contributed by atoms with Crippen LogP contribution in [0.25, 0.3) is 0 Å².